The standard InChI is InChI=1S/C19H14Cl2N2O3S/c1-2-23-17(24)16(9-11-6-7-13(20)10-15(11)21)27-19(23)22-14-5-3-4-12(8-14)18(25)26/h3-10H,2H2,1H3,(H,25,26)/b16-9-,22-19?. The van der Waals surface area contributed by atoms with E-state index in [1.54, 1.807) is 36.4 Å². The van der Waals surface area contributed by atoms with Crippen molar-refractivity contribution in [2.75, 3.05) is 6.54 Å². The minimum absolute atomic E-state index is 0.137. The Balaban J connectivity index is 1.96. The van der Waals surface area contributed by atoms with E-state index in [2.05, 4.69) is 4.99 Å². The van der Waals surface area contributed by atoms with Gasteiger partial charge >= 0.3 is 5.97 Å². The van der Waals surface area contributed by atoms with Crippen LogP contribution in [-0.2, 0) is 4.79 Å². The lowest BCUT2D eigenvalue weighted by Crippen LogP contribution is -2.28. The predicted molar refractivity (Wildman–Crippen MR) is 110 cm³/mol. The molecule has 1 N–H and O–H groups in total. The van der Waals surface area contributed by atoms with Crippen LogP contribution in [0.25, 0.3) is 6.08 Å². The molecule has 0 aromatic heterocycles. The van der Waals surface area contributed by atoms with Gasteiger partial charge in [0, 0.05) is 16.6 Å². The fourth-order valence-electron chi connectivity index (χ4n) is 2.45. The lowest BCUT2D eigenvalue weighted by atomic mass is 10.2. The SMILES string of the molecule is CCN1C(=O)/C(=C/c2ccc(Cl)cc2Cl)SC1=Nc1cccc(C(=O)O)c1. The number of nitrogens with zero attached hydrogens (tertiary/aromatic N) is 2. The lowest BCUT2D eigenvalue weighted by molar-refractivity contribution is -0.122. The molecule has 1 amide bonds. The largest absolute Gasteiger partial charge is 0.478 e. The number of carbonyl (C=O) groups excluding carboxylic acids is 1. The zero-order valence-corrected chi connectivity index (χ0v) is 16.5. The van der Waals surface area contributed by atoms with Crippen LogP contribution in [0.15, 0.2) is 52.4 Å². The van der Waals surface area contributed by atoms with E-state index in [0.29, 0.717) is 37.9 Å². The molecule has 3 rings (SSSR count). The van der Waals surface area contributed by atoms with Crippen molar-refractivity contribution in [2.45, 2.75) is 6.92 Å². The molecule has 0 radical (unpaired) electrons. The minimum atomic E-state index is -1.03. The molecular formula is C19H14Cl2N2O3S. The normalized spacial score (nSPS) is 17.1. The average molecular weight is 421 g/mol. The summed E-state index contributed by atoms with van der Waals surface area (Å²) in [5, 5.41) is 10.6. The van der Waals surface area contributed by atoms with E-state index in [4.69, 9.17) is 28.3 Å². The first-order valence-corrected chi connectivity index (χ1v) is 9.55. The van der Waals surface area contributed by atoms with Crippen LogP contribution in [0.1, 0.15) is 22.8 Å². The number of likely N-dealkylation sites (N-methyl/N-ethyl adjacent to an activating group) is 1. The van der Waals surface area contributed by atoms with Crippen LogP contribution in [0.2, 0.25) is 10.0 Å². The van der Waals surface area contributed by atoms with Gasteiger partial charge in [-0.1, -0.05) is 35.3 Å². The molecule has 0 bridgehead atoms. The van der Waals surface area contributed by atoms with Crippen LogP contribution in [0.4, 0.5) is 5.69 Å². The Morgan fingerprint density at radius 2 is 2.04 bits per heavy atom. The number of rotatable bonds is 4. The van der Waals surface area contributed by atoms with Crippen molar-refractivity contribution in [1.29, 1.82) is 0 Å². The second-order valence-corrected chi connectivity index (χ2v) is 7.43. The third kappa shape index (κ3) is 4.35. The summed E-state index contributed by atoms with van der Waals surface area (Å²) in [6, 6.07) is 11.3. The summed E-state index contributed by atoms with van der Waals surface area (Å²) >= 11 is 13.3. The van der Waals surface area contributed by atoms with E-state index in [0.717, 1.165) is 0 Å². The Labute approximate surface area is 170 Å². The molecule has 1 aliphatic heterocycles. The predicted octanol–water partition coefficient (Wildman–Crippen LogP) is 5.32. The van der Waals surface area contributed by atoms with Gasteiger partial charge in [0.05, 0.1) is 16.2 Å². The molecule has 1 aliphatic rings. The number of halogens is 2. The van der Waals surface area contributed by atoms with Crippen LogP contribution in [0.5, 0.6) is 0 Å². The Hall–Kier alpha value is -2.28. The Morgan fingerprint density at radius 1 is 1.26 bits per heavy atom. The molecule has 0 saturated carbocycles. The molecule has 5 nitrogen and oxygen atoms in total. The van der Waals surface area contributed by atoms with Crippen LogP contribution in [0.3, 0.4) is 0 Å². The van der Waals surface area contributed by atoms with Gasteiger partial charge in [0.1, 0.15) is 0 Å². The van der Waals surface area contributed by atoms with E-state index in [9.17, 15) is 9.59 Å². The van der Waals surface area contributed by atoms with Crippen molar-refractivity contribution >= 4 is 63.8 Å². The zero-order chi connectivity index (χ0) is 19.6. The highest BCUT2D eigenvalue weighted by atomic mass is 35.5. The van der Waals surface area contributed by atoms with Crippen LogP contribution >= 0.6 is 35.0 Å². The monoisotopic (exact) mass is 420 g/mol. The highest BCUT2D eigenvalue weighted by Gasteiger charge is 2.32. The molecule has 1 heterocycles. The van der Waals surface area contributed by atoms with Gasteiger partial charge in [0.25, 0.3) is 5.91 Å². The summed E-state index contributed by atoms with van der Waals surface area (Å²) in [4.78, 5) is 30.3. The van der Waals surface area contributed by atoms with E-state index < -0.39 is 5.97 Å². The topological polar surface area (TPSA) is 70.0 Å². The first-order chi connectivity index (χ1) is 12.9. The Kier molecular flexibility index (Phi) is 5.89. The average Bonchev–Trinajstić information content (AvgIpc) is 2.92. The first-order valence-electron chi connectivity index (χ1n) is 7.97. The third-order valence-electron chi connectivity index (χ3n) is 3.77. The maximum atomic E-state index is 12.7. The number of carboxylic acids is 1. The number of aromatic carboxylic acids is 1. The second kappa shape index (κ2) is 8.17. The number of carboxylic acid groups (broad SMARTS) is 1. The maximum Gasteiger partial charge on any atom is 0.335 e. The fraction of sp³-hybridized carbons (Fsp3) is 0.105. The molecule has 2 aromatic carbocycles. The van der Waals surface area contributed by atoms with Gasteiger partial charge in [-0.2, -0.15) is 0 Å². The molecule has 0 atom stereocenters. The van der Waals surface area contributed by atoms with Gasteiger partial charge in [-0.15, -0.1) is 0 Å². The van der Waals surface area contributed by atoms with Gasteiger partial charge < -0.3 is 5.11 Å². The highest BCUT2D eigenvalue weighted by molar-refractivity contribution is 8.18. The number of amidine groups is 1. The molecule has 1 saturated heterocycles. The van der Waals surface area contributed by atoms with E-state index >= 15 is 0 Å². The number of amides is 1. The number of aliphatic imine (C=N–C) groups is 1. The molecule has 0 spiro atoms. The fourth-order valence-corrected chi connectivity index (χ4v) is 3.97. The van der Waals surface area contributed by atoms with E-state index in [1.165, 1.54) is 28.8 Å². The van der Waals surface area contributed by atoms with Crippen molar-refractivity contribution in [2.24, 2.45) is 4.99 Å². The number of hydrogen-bond acceptors (Lipinski definition) is 4. The summed E-state index contributed by atoms with van der Waals surface area (Å²) in [6.45, 7) is 2.29. The maximum absolute atomic E-state index is 12.7. The molecule has 138 valence electrons. The summed E-state index contributed by atoms with van der Waals surface area (Å²) in [7, 11) is 0. The highest BCUT2D eigenvalue weighted by Crippen LogP contribution is 2.35. The summed E-state index contributed by atoms with van der Waals surface area (Å²) < 4.78 is 0. The van der Waals surface area contributed by atoms with Crippen LogP contribution < -0.4 is 0 Å². The zero-order valence-electron chi connectivity index (χ0n) is 14.1. The van der Waals surface area contributed by atoms with Crippen molar-refractivity contribution in [3.05, 3.63) is 68.5 Å². The molecule has 2 aromatic rings. The molecule has 0 aliphatic carbocycles. The molecular weight excluding hydrogens is 407 g/mol. The van der Waals surface area contributed by atoms with E-state index in [1.807, 2.05) is 6.92 Å². The van der Waals surface area contributed by atoms with Crippen LogP contribution in [-0.4, -0.2) is 33.6 Å². The van der Waals surface area contributed by atoms with Crippen molar-refractivity contribution in [3.63, 3.8) is 0 Å². The summed E-state index contributed by atoms with van der Waals surface area (Å²) in [6.07, 6.45) is 1.70. The quantitative estimate of drug-likeness (QED) is 0.679. The lowest BCUT2D eigenvalue weighted by Gasteiger charge is -2.12. The minimum Gasteiger partial charge on any atom is -0.478 e. The van der Waals surface area contributed by atoms with Gasteiger partial charge in [-0.05, 0) is 60.7 Å². The number of hydrogen-bond donors (Lipinski definition) is 1. The van der Waals surface area contributed by atoms with Crippen molar-refractivity contribution < 1.29 is 14.7 Å². The first kappa shape index (κ1) is 19.5. The Morgan fingerprint density at radius 3 is 2.70 bits per heavy atom. The molecule has 27 heavy (non-hydrogen) atoms. The van der Waals surface area contributed by atoms with Gasteiger partial charge in [0.2, 0.25) is 0 Å². The number of benzene rings is 2. The van der Waals surface area contributed by atoms with Gasteiger partial charge in [-0.3, -0.25) is 9.69 Å². The molecule has 1 fully saturated rings. The summed E-state index contributed by atoms with van der Waals surface area (Å²) in [5.41, 5.74) is 1.29. The Bertz CT molecular complexity index is 989. The number of carbonyl (C=O) groups is 2. The summed E-state index contributed by atoms with van der Waals surface area (Å²) in [5.74, 6) is -1.21. The third-order valence-corrected chi connectivity index (χ3v) is 5.34. The second-order valence-electron chi connectivity index (χ2n) is 5.58. The smallest absolute Gasteiger partial charge is 0.335 e. The number of thioether (sulfide) groups is 1. The molecule has 0 unspecified atom stereocenters. The molecule has 8 heteroatoms. The van der Waals surface area contributed by atoms with Gasteiger partial charge in [-0.25, -0.2) is 9.79 Å². The van der Waals surface area contributed by atoms with Gasteiger partial charge in [0.15, 0.2) is 5.17 Å². The van der Waals surface area contributed by atoms with E-state index in [-0.39, 0.29) is 11.5 Å². The van der Waals surface area contributed by atoms with Crippen molar-refractivity contribution in [1.82, 2.24) is 4.90 Å². The van der Waals surface area contributed by atoms with Crippen LogP contribution in [0, 0.1) is 0 Å². The van der Waals surface area contributed by atoms with Crippen molar-refractivity contribution in [3.8, 4) is 0 Å².